The first-order valence-corrected chi connectivity index (χ1v) is 7.40. The normalized spacial score (nSPS) is 22.3. The Morgan fingerprint density at radius 2 is 2.26 bits per heavy atom. The number of amides is 1. The quantitative estimate of drug-likeness (QED) is 0.336. The van der Waals surface area contributed by atoms with E-state index in [9.17, 15) is 4.79 Å². The zero-order chi connectivity index (χ0) is 14.3. The van der Waals surface area contributed by atoms with E-state index in [-0.39, 0.29) is 23.6 Å². The van der Waals surface area contributed by atoms with Crippen molar-refractivity contribution in [1.29, 1.82) is 0 Å². The van der Waals surface area contributed by atoms with Crippen molar-refractivity contribution in [3.05, 3.63) is 0 Å². The van der Waals surface area contributed by atoms with Gasteiger partial charge < -0.3 is 15.8 Å². The van der Waals surface area contributed by atoms with Gasteiger partial charge in [0.1, 0.15) is 5.84 Å². The van der Waals surface area contributed by atoms with E-state index in [1.54, 1.807) is 0 Å². The molecule has 5 heteroatoms. The van der Waals surface area contributed by atoms with Gasteiger partial charge in [0.2, 0.25) is 5.91 Å². The van der Waals surface area contributed by atoms with Crippen molar-refractivity contribution in [3.8, 4) is 0 Å². The molecule has 0 saturated carbocycles. The van der Waals surface area contributed by atoms with E-state index < -0.39 is 0 Å². The molecule has 19 heavy (non-hydrogen) atoms. The molecule has 0 spiro atoms. The third-order valence-electron chi connectivity index (χ3n) is 4.01. The second kappa shape index (κ2) is 8.02. The molecule has 3 N–H and O–H groups in total. The monoisotopic (exact) mass is 269 g/mol. The van der Waals surface area contributed by atoms with Crippen LogP contribution >= 0.6 is 0 Å². The van der Waals surface area contributed by atoms with Gasteiger partial charge in [0.25, 0.3) is 0 Å². The zero-order valence-electron chi connectivity index (χ0n) is 12.1. The highest BCUT2D eigenvalue weighted by Crippen LogP contribution is 2.22. The molecule has 1 fully saturated rings. The van der Waals surface area contributed by atoms with Gasteiger partial charge in [-0.05, 0) is 25.7 Å². The molecule has 0 aromatic rings. The fourth-order valence-corrected chi connectivity index (χ4v) is 2.71. The largest absolute Gasteiger partial charge is 0.409 e. The van der Waals surface area contributed by atoms with Crippen LogP contribution < -0.4 is 5.73 Å². The minimum atomic E-state index is 0.00591. The Hall–Kier alpha value is -1.26. The summed E-state index contributed by atoms with van der Waals surface area (Å²) in [5.74, 6) is 0.628. The minimum Gasteiger partial charge on any atom is -0.409 e. The number of rotatable bonds is 6. The summed E-state index contributed by atoms with van der Waals surface area (Å²) in [4.78, 5) is 14.4. The minimum absolute atomic E-state index is 0.00591. The predicted molar refractivity (Wildman–Crippen MR) is 76.0 cm³/mol. The van der Waals surface area contributed by atoms with Crippen molar-refractivity contribution in [1.82, 2.24) is 4.90 Å². The molecule has 2 atom stereocenters. The van der Waals surface area contributed by atoms with Gasteiger partial charge in [-0.3, -0.25) is 4.79 Å². The van der Waals surface area contributed by atoms with Gasteiger partial charge in [-0.2, -0.15) is 0 Å². The van der Waals surface area contributed by atoms with Crippen molar-refractivity contribution in [2.45, 2.75) is 52.4 Å². The number of hydrogen-bond donors (Lipinski definition) is 2. The number of oxime groups is 1. The van der Waals surface area contributed by atoms with Crippen LogP contribution in [0.3, 0.4) is 0 Å². The molecule has 0 aromatic carbocycles. The summed E-state index contributed by atoms with van der Waals surface area (Å²) in [7, 11) is 0. The fourth-order valence-electron chi connectivity index (χ4n) is 2.71. The van der Waals surface area contributed by atoms with Crippen molar-refractivity contribution in [3.63, 3.8) is 0 Å². The van der Waals surface area contributed by atoms with Crippen LogP contribution in [-0.2, 0) is 4.79 Å². The van der Waals surface area contributed by atoms with Crippen molar-refractivity contribution >= 4 is 11.7 Å². The molecule has 1 amide bonds. The lowest BCUT2D eigenvalue weighted by Crippen LogP contribution is -2.46. The lowest BCUT2D eigenvalue weighted by Gasteiger charge is -2.34. The Labute approximate surface area is 115 Å². The molecule has 5 nitrogen and oxygen atoms in total. The van der Waals surface area contributed by atoms with E-state index in [0.29, 0.717) is 6.54 Å². The summed E-state index contributed by atoms with van der Waals surface area (Å²) in [6.45, 7) is 5.61. The van der Waals surface area contributed by atoms with Gasteiger partial charge in [-0.1, -0.05) is 31.8 Å². The van der Waals surface area contributed by atoms with Gasteiger partial charge >= 0.3 is 0 Å². The molecule has 1 aliphatic heterocycles. The summed E-state index contributed by atoms with van der Waals surface area (Å²) in [6, 6.07) is 0. The summed E-state index contributed by atoms with van der Waals surface area (Å²) in [5, 5.41) is 11.8. The van der Waals surface area contributed by atoms with Crippen LogP contribution in [0.2, 0.25) is 0 Å². The van der Waals surface area contributed by atoms with Gasteiger partial charge in [0.15, 0.2) is 0 Å². The molecule has 1 rings (SSSR count). The SMILES string of the molecule is CCCCC(CC)C(=O)N1CCCC(C(N)=NO)C1. The van der Waals surface area contributed by atoms with Crippen LogP contribution in [0.25, 0.3) is 0 Å². The molecule has 110 valence electrons. The average molecular weight is 269 g/mol. The number of carbonyl (C=O) groups is 1. The van der Waals surface area contributed by atoms with E-state index in [1.807, 2.05) is 4.90 Å². The molecular weight excluding hydrogens is 242 g/mol. The summed E-state index contributed by atoms with van der Waals surface area (Å²) >= 11 is 0. The topological polar surface area (TPSA) is 78.9 Å². The molecular formula is C14H27N3O2. The van der Waals surface area contributed by atoms with Gasteiger partial charge in [-0.15, -0.1) is 0 Å². The van der Waals surface area contributed by atoms with Crippen LogP contribution in [0, 0.1) is 11.8 Å². The van der Waals surface area contributed by atoms with Crippen LogP contribution in [0.4, 0.5) is 0 Å². The summed E-state index contributed by atoms with van der Waals surface area (Å²) < 4.78 is 0. The standard InChI is InChI=1S/C14H27N3O2/c1-3-5-7-11(4-2)14(18)17-9-6-8-12(10-17)13(15)16-19/h11-12,19H,3-10H2,1-2H3,(H2,15,16). The van der Waals surface area contributed by atoms with Crippen LogP contribution in [0.5, 0.6) is 0 Å². The molecule has 1 heterocycles. The Kier molecular flexibility index (Phi) is 6.67. The Morgan fingerprint density at radius 1 is 1.53 bits per heavy atom. The van der Waals surface area contributed by atoms with E-state index in [2.05, 4.69) is 19.0 Å². The number of nitrogens with two attached hydrogens (primary N) is 1. The first-order valence-electron chi connectivity index (χ1n) is 7.40. The third-order valence-corrected chi connectivity index (χ3v) is 4.01. The molecule has 2 unspecified atom stereocenters. The summed E-state index contributed by atoms with van der Waals surface area (Å²) in [6.07, 6.45) is 5.90. The van der Waals surface area contributed by atoms with Crippen molar-refractivity contribution in [2.24, 2.45) is 22.7 Å². The van der Waals surface area contributed by atoms with Crippen molar-refractivity contribution in [2.75, 3.05) is 13.1 Å². The maximum atomic E-state index is 12.5. The van der Waals surface area contributed by atoms with Crippen molar-refractivity contribution < 1.29 is 10.0 Å². The number of amidine groups is 1. The first kappa shape index (κ1) is 15.8. The number of likely N-dealkylation sites (tertiary alicyclic amines) is 1. The molecule has 1 aliphatic rings. The predicted octanol–water partition coefficient (Wildman–Crippen LogP) is 2.19. The van der Waals surface area contributed by atoms with Gasteiger partial charge in [0.05, 0.1) is 0 Å². The molecule has 0 radical (unpaired) electrons. The highest BCUT2D eigenvalue weighted by atomic mass is 16.4. The van der Waals surface area contributed by atoms with E-state index in [4.69, 9.17) is 10.9 Å². The second-order valence-corrected chi connectivity index (χ2v) is 5.40. The molecule has 0 bridgehead atoms. The van der Waals surface area contributed by atoms with E-state index in [0.717, 1.165) is 45.1 Å². The Bertz CT molecular complexity index is 318. The lowest BCUT2D eigenvalue weighted by molar-refractivity contribution is -0.137. The number of unbranched alkanes of at least 4 members (excludes halogenated alkanes) is 1. The zero-order valence-corrected chi connectivity index (χ0v) is 12.1. The number of carbonyl (C=O) groups excluding carboxylic acids is 1. The molecule has 0 aliphatic carbocycles. The first-order chi connectivity index (χ1) is 9.13. The van der Waals surface area contributed by atoms with Crippen LogP contribution in [0.1, 0.15) is 52.4 Å². The molecule has 1 saturated heterocycles. The maximum Gasteiger partial charge on any atom is 0.225 e. The highest BCUT2D eigenvalue weighted by Gasteiger charge is 2.29. The average Bonchev–Trinajstić information content (AvgIpc) is 2.47. The maximum absolute atomic E-state index is 12.5. The Morgan fingerprint density at radius 3 is 2.84 bits per heavy atom. The molecule has 0 aromatic heterocycles. The van der Waals surface area contributed by atoms with Crippen LogP contribution in [0.15, 0.2) is 5.16 Å². The van der Waals surface area contributed by atoms with Crippen LogP contribution in [-0.4, -0.2) is 34.9 Å². The number of hydrogen-bond acceptors (Lipinski definition) is 3. The smallest absolute Gasteiger partial charge is 0.225 e. The fraction of sp³-hybridized carbons (Fsp3) is 0.857. The number of nitrogens with zero attached hydrogens (tertiary/aromatic N) is 2. The summed E-state index contributed by atoms with van der Waals surface area (Å²) in [5.41, 5.74) is 5.66. The Balaban J connectivity index is 2.59. The second-order valence-electron chi connectivity index (χ2n) is 5.40. The lowest BCUT2D eigenvalue weighted by atomic mass is 9.93. The highest BCUT2D eigenvalue weighted by molar-refractivity contribution is 5.84. The van der Waals surface area contributed by atoms with E-state index in [1.165, 1.54) is 0 Å². The van der Waals surface area contributed by atoms with E-state index >= 15 is 0 Å². The number of piperidine rings is 1. The van der Waals surface area contributed by atoms with Gasteiger partial charge in [0, 0.05) is 24.9 Å². The third kappa shape index (κ3) is 4.40. The van der Waals surface area contributed by atoms with Gasteiger partial charge in [-0.25, -0.2) is 0 Å².